The monoisotopic (exact) mass is 232 g/mol. The zero-order valence-corrected chi connectivity index (χ0v) is 10.8. The third-order valence-corrected chi connectivity index (χ3v) is 3.88. The maximum Gasteiger partial charge on any atom is 0.168 e. The van der Waals surface area contributed by atoms with Crippen molar-refractivity contribution in [3.05, 3.63) is 54.3 Å². The van der Waals surface area contributed by atoms with Crippen LogP contribution in [-0.4, -0.2) is 16.9 Å². The molecule has 1 atom stereocenters. The molecule has 2 nitrogen and oxygen atoms in total. The molecule has 0 fully saturated rings. The van der Waals surface area contributed by atoms with E-state index in [1.165, 1.54) is 0 Å². The van der Waals surface area contributed by atoms with Gasteiger partial charge in [0, 0.05) is 7.11 Å². The quantitative estimate of drug-likeness (QED) is 0.742. The van der Waals surface area contributed by atoms with E-state index in [4.69, 9.17) is 9.16 Å². The second-order valence-corrected chi connectivity index (χ2v) is 5.79. The topological polar surface area (TPSA) is 18.5 Å². The standard InChI is InChI=1S/C13H16O2Si/c1-14-16-13-9-7-12(8-10-13)15-11-5-3-2-4-6-11/h2-9,13H,10,16H2,1H3. The zero-order chi connectivity index (χ0) is 11.2. The van der Waals surface area contributed by atoms with Crippen LogP contribution in [0.25, 0.3) is 0 Å². The van der Waals surface area contributed by atoms with Crippen LogP contribution in [0.15, 0.2) is 54.3 Å². The maximum atomic E-state index is 5.73. The van der Waals surface area contributed by atoms with Crippen LogP contribution in [0.4, 0.5) is 0 Å². The average Bonchev–Trinajstić information content (AvgIpc) is 2.33. The molecule has 0 saturated carbocycles. The van der Waals surface area contributed by atoms with E-state index in [1.807, 2.05) is 36.4 Å². The van der Waals surface area contributed by atoms with Gasteiger partial charge in [-0.1, -0.05) is 24.3 Å². The van der Waals surface area contributed by atoms with E-state index in [0.717, 1.165) is 17.9 Å². The highest BCUT2D eigenvalue weighted by atomic mass is 28.2. The smallest absolute Gasteiger partial charge is 0.168 e. The van der Waals surface area contributed by atoms with Gasteiger partial charge in [0.2, 0.25) is 0 Å². The summed E-state index contributed by atoms with van der Waals surface area (Å²) in [5.74, 6) is 1.83. The Bertz CT molecular complexity index is 384. The molecule has 16 heavy (non-hydrogen) atoms. The Balaban J connectivity index is 1.92. The van der Waals surface area contributed by atoms with Gasteiger partial charge < -0.3 is 9.16 Å². The molecule has 1 aliphatic carbocycles. The molecule has 0 bridgehead atoms. The summed E-state index contributed by atoms with van der Waals surface area (Å²) in [7, 11) is 1.39. The number of ether oxygens (including phenoxy) is 1. The maximum absolute atomic E-state index is 5.73. The first-order chi connectivity index (χ1) is 7.88. The molecule has 0 amide bonds. The van der Waals surface area contributed by atoms with Gasteiger partial charge >= 0.3 is 0 Å². The Morgan fingerprint density at radius 3 is 2.69 bits per heavy atom. The van der Waals surface area contributed by atoms with Crippen molar-refractivity contribution in [2.75, 3.05) is 7.11 Å². The molecule has 0 heterocycles. The number of hydrogen-bond donors (Lipinski definition) is 0. The van der Waals surface area contributed by atoms with Crippen molar-refractivity contribution >= 4 is 9.76 Å². The van der Waals surface area contributed by atoms with Gasteiger partial charge in [0.05, 0.1) is 0 Å². The molecular formula is C13H16O2Si. The Hall–Kier alpha value is -1.32. The average molecular weight is 232 g/mol. The molecule has 84 valence electrons. The number of hydrogen-bond acceptors (Lipinski definition) is 2. The summed E-state index contributed by atoms with van der Waals surface area (Å²) in [6.45, 7) is 0. The van der Waals surface area contributed by atoms with Gasteiger partial charge in [-0.3, -0.25) is 0 Å². The molecule has 3 heteroatoms. The van der Waals surface area contributed by atoms with Gasteiger partial charge in [0.25, 0.3) is 0 Å². The Morgan fingerprint density at radius 1 is 1.25 bits per heavy atom. The second kappa shape index (κ2) is 5.68. The van der Waals surface area contributed by atoms with Crippen LogP contribution in [0, 0.1) is 0 Å². The van der Waals surface area contributed by atoms with Crippen LogP contribution in [0.2, 0.25) is 5.54 Å². The number of allylic oxidation sites excluding steroid dienone is 3. The van der Waals surface area contributed by atoms with Gasteiger partial charge in [-0.15, -0.1) is 0 Å². The first kappa shape index (κ1) is 11.2. The molecule has 0 spiro atoms. The molecule has 1 aromatic carbocycles. The summed E-state index contributed by atoms with van der Waals surface area (Å²) in [5.41, 5.74) is 0.619. The molecular weight excluding hydrogens is 216 g/mol. The summed E-state index contributed by atoms with van der Waals surface area (Å²) in [4.78, 5) is 0. The lowest BCUT2D eigenvalue weighted by Crippen LogP contribution is -2.07. The highest BCUT2D eigenvalue weighted by molar-refractivity contribution is 6.30. The van der Waals surface area contributed by atoms with Crippen LogP contribution in [-0.2, 0) is 4.43 Å². The van der Waals surface area contributed by atoms with Crippen LogP contribution in [0.1, 0.15) is 6.42 Å². The lowest BCUT2D eigenvalue weighted by atomic mass is 10.1. The minimum Gasteiger partial charge on any atom is -0.458 e. The van der Waals surface area contributed by atoms with Crippen molar-refractivity contribution in [1.82, 2.24) is 0 Å². The van der Waals surface area contributed by atoms with Crippen molar-refractivity contribution in [3.8, 4) is 5.75 Å². The van der Waals surface area contributed by atoms with Crippen molar-refractivity contribution in [3.63, 3.8) is 0 Å². The zero-order valence-electron chi connectivity index (χ0n) is 9.43. The highest BCUT2D eigenvalue weighted by Gasteiger charge is 2.10. The summed E-state index contributed by atoms with van der Waals surface area (Å²) in [5, 5.41) is 0. The van der Waals surface area contributed by atoms with Gasteiger partial charge in [-0.05, 0) is 36.2 Å². The Labute approximate surface area is 98.5 Å². The fraction of sp³-hybridized carbons (Fsp3) is 0.231. The highest BCUT2D eigenvalue weighted by Crippen LogP contribution is 2.22. The summed E-state index contributed by atoms with van der Waals surface area (Å²) in [6.07, 6.45) is 7.43. The SMILES string of the molecule is CO[SiH2]C1C=CC(Oc2ccccc2)=CC1. The molecule has 0 N–H and O–H groups in total. The Kier molecular flexibility index (Phi) is 3.96. The second-order valence-electron chi connectivity index (χ2n) is 3.83. The molecule has 1 unspecified atom stereocenters. The predicted molar refractivity (Wildman–Crippen MR) is 68.2 cm³/mol. The molecule has 0 saturated heterocycles. The lowest BCUT2D eigenvalue weighted by molar-refractivity contribution is 0.427. The van der Waals surface area contributed by atoms with Gasteiger partial charge in [0.15, 0.2) is 9.76 Å². The molecule has 0 radical (unpaired) electrons. The predicted octanol–water partition coefficient (Wildman–Crippen LogP) is 2.43. The minimum atomic E-state index is -0.404. The number of rotatable bonds is 4. The van der Waals surface area contributed by atoms with E-state index in [-0.39, 0.29) is 0 Å². The molecule has 2 rings (SSSR count). The largest absolute Gasteiger partial charge is 0.458 e. The third-order valence-electron chi connectivity index (χ3n) is 2.51. The molecule has 0 aromatic heterocycles. The van der Waals surface area contributed by atoms with E-state index in [2.05, 4.69) is 12.2 Å². The first-order valence-electron chi connectivity index (χ1n) is 5.48. The van der Waals surface area contributed by atoms with E-state index >= 15 is 0 Å². The number of para-hydroxylation sites is 1. The van der Waals surface area contributed by atoms with Gasteiger partial charge in [0.1, 0.15) is 11.5 Å². The van der Waals surface area contributed by atoms with Crippen LogP contribution >= 0.6 is 0 Å². The summed E-state index contributed by atoms with van der Waals surface area (Å²) in [6, 6.07) is 9.86. The normalized spacial score (nSPS) is 20.1. The summed E-state index contributed by atoms with van der Waals surface area (Å²) < 4.78 is 11.0. The molecule has 1 aromatic rings. The van der Waals surface area contributed by atoms with E-state index < -0.39 is 9.76 Å². The van der Waals surface area contributed by atoms with E-state index in [1.54, 1.807) is 7.11 Å². The summed E-state index contributed by atoms with van der Waals surface area (Å²) >= 11 is 0. The molecule has 0 aliphatic heterocycles. The van der Waals surface area contributed by atoms with Gasteiger partial charge in [-0.25, -0.2) is 0 Å². The fourth-order valence-corrected chi connectivity index (χ4v) is 2.66. The fourth-order valence-electron chi connectivity index (χ4n) is 1.68. The molecule has 1 aliphatic rings. The van der Waals surface area contributed by atoms with Crippen LogP contribution < -0.4 is 4.74 Å². The van der Waals surface area contributed by atoms with Crippen LogP contribution in [0.5, 0.6) is 5.75 Å². The lowest BCUT2D eigenvalue weighted by Gasteiger charge is -2.15. The van der Waals surface area contributed by atoms with E-state index in [9.17, 15) is 0 Å². The third kappa shape index (κ3) is 3.08. The van der Waals surface area contributed by atoms with Crippen LogP contribution in [0.3, 0.4) is 0 Å². The van der Waals surface area contributed by atoms with Crippen molar-refractivity contribution < 1.29 is 9.16 Å². The van der Waals surface area contributed by atoms with Gasteiger partial charge in [-0.2, -0.15) is 0 Å². The number of benzene rings is 1. The first-order valence-corrected chi connectivity index (χ1v) is 6.88. The van der Waals surface area contributed by atoms with Crippen molar-refractivity contribution in [1.29, 1.82) is 0 Å². The minimum absolute atomic E-state index is 0.404. The van der Waals surface area contributed by atoms with Crippen molar-refractivity contribution in [2.45, 2.75) is 12.0 Å². The van der Waals surface area contributed by atoms with Crippen molar-refractivity contribution in [2.24, 2.45) is 0 Å². The Morgan fingerprint density at radius 2 is 2.06 bits per heavy atom. The van der Waals surface area contributed by atoms with E-state index in [0.29, 0.717) is 5.54 Å².